The van der Waals surface area contributed by atoms with E-state index in [1.165, 1.54) is 32.4 Å². The molecule has 1 atom stereocenters. The number of likely N-dealkylation sites (tertiary alicyclic amines) is 2. The van der Waals surface area contributed by atoms with E-state index < -0.39 is 0 Å². The number of amides is 2. The number of nitrogens with one attached hydrogen (secondary N) is 1. The standard InChI is InChI=1S/C17H22N4O/c18-12-14-5-3-6-15(11-14)19-17(22)21-10-4-7-16(13-21)20-8-1-2-9-20/h3,5-6,11,16H,1-2,4,7-10,13H2,(H,19,22). The number of carbonyl (C=O) groups is 1. The summed E-state index contributed by atoms with van der Waals surface area (Å²) in [6.07, 6.45) is 4.81. The number of rotatable bonds is 2. The van der Waals surface area contributed by atoms with Gasteiger partial charge in [0.25, 0.3) is 0 Å². The number of hydrogen-bond donors (Lipinski definition) is 1. The molecule has 0 saturated carbocycles. The highest BCUT2D eigenvalue weighted by molar-refractivity contribution is 5.89. The minimum absolute atomic E-state index is 0.0565. The summed E-state index contributed by atoms with van der Waals surface area (Å²) in [6.45, 7) is 3.96. The summed E-state index contributed by atoms with van der Waals surface area (Å²) in [5.41, 5.74) is 1.25. The van der Waals surface area contributed by atoms with Gasteiger partial charge in [0.2, 0.25) is 0 Å². The molecule has 0 spiro atoms. The summed E-state index contributed by atoms with van der Waals surface area (Å²) < 4.78 is 0. The highest BCUT2D eigenvalue weighted by Gasteiger charge is 2.29. The average molecular weight is 298 g/mol. The van der Waals surface area contributed by atoms with E-state index in [1.807, 2.05) is 11.0 Å². The number of piperidine rings is 1. The van der Waals surface area contributed by atoms with Crippen molar-refractivity contribution in [1.82, 2.24) is 9.80 Å². The quantitative estimate of drug-likeness (QED) is 0.913. The molecule has 0 aliphatic carbocycles. The van der Waals surface area contributed by atoms with Crippen LogP contribution in [0.25, 0.3) is 0 Å². The molecule has 116 valence electrons. The third-order valence-corrected chi connectivity index (χ3v) is 4.58. The number of carbonyl (C=O) groups excluding carboxylic acids is 1. The lowest BCUT2D eigenvalue weighted by molar-refractivity contribution is 0.132. The van der Waals surface area contributed by atoms with Crippen molar-refractivity contribution in [2.45, 2.75) is 31.7 Å². The number of hydrogen-bond acceptors (Lipinski definition) is 3. The Balaban J connectivity index is 1.60. The Morgan fingerprint density at radius 2 is 2.05 bits per heavy atom. The normalized spacial score (nSPS) is 22.3. The van der Waals surface area contributed by atoms with E-state index in [-0.39, 0.29) is 6.03 Å². The van der Waals surface area contributed by atoms with Crippen LogP contribution >= 0.6 is 0 Å². The third-order valence-electron chi connectivity index (χ3n) is 4.58. The van der Waals surface area contributed by atoms with Gasteiger partial charge in [-0.15, -0.1) is 0 Å². The minimum Gasteiger partial charge on any atom is -0.323 e. The predicted molar refractivity (Wildman–Crippen MR) is 85.6 cm³/mol. The average Bonchev–Trinajstić information content (AvgIpc) is 3.09. The second kappa shape index (κ2) is 6.80. The van der Waals surface area contributed by atoms with Gasteiger partial charge in [0.05, 0.1) is 11.6 Å². The van der Waals surface area contributed by atoms with Gasteiger partial charge in [0, 0.05) is 24.8 Å². The van der Waals surface area contributed by atoms with Crippen molar-refractivity contribution < 1.29 is 4.79 Å². The van der Waals surface area contributed by atoms with Crippen LogP contribution in [-0.2, 0) is 0 Å². The zero-order valence-electron chi connectivity index (χ0n) is 12.8. The third kappa shape index (κ3) is 3.40. The van der Waals surface area contributed by atoms with Gasteiger partial charge in [-0.3, -0.25) is 4.90 Å². The molecule has 2 saturated heterocycles. The summed E-state index contributed by atoms with van der Waals surface area (Å²) in [5, 5.41) is 11.8. The van der Waals surface area contributed by atoms with Crippen LogP contribution in [0, 0.1) is 11.3 Å². The first kappa shape index (κ1) is 14.9. The molecule has 1 aromatic carbocycles. The zero-order valence-corrected chi connectivity index (χ0v) is 12.8. The molecule has 2 fully saturated rings. The van der Waals surface area contributed by atoms with Crippen LogP contribution in [0.15, 0.2) is 24.3 Å². The van der Waals surface area contributed by atoms with Gasteiger partial charge in [0.15, 0.2) is 0 Å². The van der Waals surface area contributed by atoms with Crippen LogP contribution in [0.2, 0.25) is 0 Å². The molecule has 1 unspecified atom stereocenters. The van der Waals surface area contributed by atoms with Crippen molar-refractivity contribution in [2.75, 3.05) is 31.5 Å². The van der Waals surface area contributed by atoms with Gasteiger partial charge in [-0.1, -0.05) is 6.07 Å². The van der Waals surface area contributed by atoms with Gasteiger partial charge in [-0.05, 0) is 57.0 Å². The molecule has 1 aromatic rings. The van der Waals surface area contributed by atoms with E-state index in [0.717, 1.165) is 19.5 Å². The Morgan fingerprint density at radius 3 is 2.82 bits per heavy atom. The van der Waals surface area contributed by atoms with Crippen LogP contribution in [0.5, 0.6) is 0 Å². The highest BCUT2D eigenvalue weighted by atomic mass is 16.2. The minimum atomic E-state index is -0.0565. The lowest BCUT2D eigenvalue weighted by atomic mass is 10.0. The zero-order chi connectivity index (χ0) is 15.4. The molecular formula is C17H22N4O. The Morgan fingerprint density at radius 1 is 1.23 bits per heavy atom. The van der Waals surface area contributed by atoms with Gasteiger partial charge < -0.3 is 10.2 Å². The number of nitriles is 1. The van der Waals surface area contributed by atoms with Crippen molar-refractivity contribution in [3.8, 4) is 6.07 Å². The summed E-state index contributed by atoms with van der Waals surface area (Å²) in [4.78, 5) is 16.9. The topological polar surface area (TPSA) is 59.4 Å². The fourth-order valence-corrected chi connectivity index (χ4v) is 3.41. The molecule has 3 rings (SSSR count). The van der Waals surface area contributed by atoms with E-state index in [1.54, 1.807) is 18.2 Å². The molecule has 0 radical (unpaired) electrons. The van der Waals surface area contributed by atoms with Gasteiger partial charge in [-0.2, -0.15) is 5.26 Å². The molecule has 0 aromatic heterocycles. The first-order valence-electron chi connectivity index (χ1n) is 8.06. The smallest absolute Gasteiger partial charge is 0.321 e. The molecule has 22 heavy (non-hydrogen) atoms. The summed E-state index contributed by atoms with van der Waals surface area (Å²) in [5.74, 6) is 0. The molecule has 2 aliphatic rings. The van der Waals surface area contributed by atoms with E-state index in [4.69, 9.17) is 5.26 Å². The first-order chi connectivity index (χ1) is 10.8. The SMILES string of the molecule is N#Cc1cccc(NC(=O)N2CCCC(N3CCCC3)C2)c1. The second-order valence-corrected chi connectivity index (χ2v) is 6.11. The van der Waals surface area contributed by atoms with Gasteiger partial charge in [-0.25, -0.2) is 4.79 Å². The maximum atomic E-state index is 12.4. The molecule has 2 heterocycles. The second-order valence-electron chi connectivity index (χ2n) is 6.11. The number of anilines is 1. The lowest BCUT2D eigenvalue weighted by Crippen LogP contribution is -2.50. The van der Waals surface area contributed by atoms with Crippen LogP contribution in [0.1, 0.15) is 31.2 Å². The first-order valence-corrected chi connectivity index (χ1v) is 8.06. The van der Waals surface area contributed by atoms with Crippen molar-refractivity contribution >= 4 is 11.7 Å². The fraction of sp³-hybridized carbons (Fsp3) is 0.529. The van der Waals surface area contributed by atoms with Crippen molar-refractivity contribution in [3.05, 3.63) is 29.8 Å². The molecule has 1 N–H and O–H groups in total. The van der Waals surface area contributed by atoms with Crippen LogP contribution in [0.4, 0.5) is 10.5 Å². The number of urea groups is 1. The van der Waals surface area contributed by atoms with Crippen molar-refractivity contribution in [2.24, 2.45) is 0 Å². The molecule has 5 heteroatoms. The predicted octanol–water partition coefficient (Wildman–Crippen LogP) is 2.65. The van der Waals surface area contributed by atoms with Gasteiger partial charge in [0.1, 0.15) is 0 Å². The van der Waals surface area contributed by atoms with Crippen LogP contribution in [0.3, 0.4) is 0 Å². The summed E-state index contributed by atoms with van der Waals surface area (Å²) in [6, 6.07) is 9.60. The Labute approximate surface area is 131 Å². The fourth-order valence-electron chi connectivity index (χ4n) is 3.41. The van der Waals surface area contributed by atoms with E-state index in [9.17, 15) is 4.79 Å². The van der Waals surface area contributed by atoms with Gasteiger partial charge >= 0.3 is 6.03 Å². The largest absolute Gasteiger partial charge is 0.323 e. The van der Waals surface area contributed by atoms with E-state index in [0.29, 0.717) is 17.3 Å². The molecule has 5 nitrogen and oxygen atoms in total. The lowest BCUT2D eigenvalue weighted by Gasteiger charge is -2.37. The Kier molecular flexibility index (Phi) is 4.59. The van der Waals surface area contributed by atoms with Crippen LogP contribution < -0.4 is 5.32 Å². The highest BCUT2D eigenvalue weighted by Crippen LogP contribution is 2.21. The summed E-state index contributed by atoms with van der Waals surface area (Å²) >= 11 is 0. The Bertz CT molecular complexity index is 574. The number of nitrogens with zero attached hydrogens (tertiary/aromatic N) is 3. The molecule has 2 amide bonds. The Hall–Kier alpha value is -2.06. The summed E-state index contributed by atoms with van der Waals surface area (Å²) in [7, 11) is 0. The van der Waals surface area contributed by atoms with E-state index >= 15 is 0 Å². The molecule has 2 aliphatic heterocycles. The monoisotopic (exact) mass is 298 g/mol. The van der Waals surface area contributed by atoms with Crippen molar-refractivity contribution in [1.29, 1.82) is 5.26 Å². The maximum absolute atomic E-state index is 12.4. The van der Waals surface area contributed by atoms with Crippen molar-refractivity contribution in [3.63, 3.8) is 0 Å². The molecular weight excluding hydrogens is 276 g/mol. The number of benzene rings is 1. The van der Waals surface area contributed by atoms with E-state index in [2.05, 4.69) is 16.3 Å². The molecule has 0 bridgehead atoms. The maximum Gasteiger partial charge on any atom is 0.321 e. The van der Waals surface area contributed by atoms with Crippen LogP contribution in [-0.4, -0.2) is 48.1 Å².